The van der Waals surface area contributed by atoms with E-state index in [1.54, 1.807) is 0 Å². The Kier molecular flexibility index (Phi) is 3.74. The van der Waals surface area contributed by atoms with Crippen molar-refractivity contribution in [1.29, 1.82) is 0 Å². The first-order chi connectivity index (χ1) is 10.6. The molecule has 0 aliphatic heterocycles. The number of benzene rings is 2. The van der Waals surface area contributed by atoms with Crippen molar-refractivity contribution in [1.82, 2.24) is 9.97 Å². The molecule has 1 heterocycles. The van der Waals surface area contributed by atoms with Gasteiger partial charge >= 0.3 is 0 Å². The third kappa shape index (κ3) is 2.91. The normalized spacial score (nSPS) is 10.5. The lowest BCUT2D eigenvalue weighted by Crippen LogP contribution is -1.98. The summed E-state index contributed by atoms with van der Waals surface area (Å²) in [6.45, 7) is 4.20. The molecule has 0 aliphatic rings. The molecule has 3 rings (SSSR count). The van der Waals surface area contributed by atoms with E-state index in [2.05, 4.69) is 47.3 Å². The lowest BCUT2D eigenvalue weighted by Gasteiger charge is -2.10. The molecular formula is C18H18N4. The third-order valence-corrected chi connectivity index (χ3v) is 3.56. The molecule has 0 saturated carbocycles. The topological polar surface area (TPSA) is 63.8 Å². The summed E-state index contributed by atoms with van der Waals surface area (Å²) in [5.41, 5.74) is 12.0. The molecule has 0 fully saturated rings. The van der Waals surface area contributed by atoms with Crippen LogP contribution in [0.2, 0.25) is 0 Å². The fourth-order valence-electron chi connectivity index (χ4n) is 2.54. The average molecular weight is 290 g/mol. The predicted octanol–water partition coefficient (Wildman–Crippen LogP) is 4.09. The standard InChI is InChI=1S/C18H18N4/c1-12-5-3-6-13(2)17(12)14-10-20-18(21-11-14)22-16-8-4-7-15(19)9-16/h3-11H,19H2,1-2H3,(H,20,21,22). The maximum absolute atomic E-state index is 5.76. The van der Waals surface area contributed by atoms with Gasteiger partial charge in [-0.1, -0.05) is 24.3 Å². The summed E-state index contributed by atoms with van der Waals surface area (Å²) < 4.78 is 0. The zero-order chi connectivity index (χ0) is 15.5. The van der Waals surface area contributed by atoms with Gasteiger partial charge in [0.15, 0.2) is 0 Å². The number of rotatable bonds is 3. The highest BCUT2D eigenvalue weighted by Gasteiger charge is 2.06. The van der Waals surface area contributed by atoms with Crippen molar-refractivity contribution in [2.75, 3.05) is 11.1 Å². The van der Waals surface area contributed by atoms with Gasteiger partial charge in [0.2, 0.25) is 5.95 Å². The zero-order valence-electron chi connectivity index (χ0n) is 12.7. The molecule has 22 heavy (non-hydrogen) atoms. The van der Waals surface area contributed by atoms with Crippen molar-refractivity contribution in [3.05, 3.63) is 66.0 Å². The van der Waals surface area contributed by atoms with Crippen molar-refractivity contribution in [2.45, 2.75) is 13.8 Å². The van der Waals surface area contributed by atoms with E-state index in [0.29, 0.717) is 11.6 Å². The second-order valence-corrected chi connectivity index (χ2v) is 5.31. The second kappa shape index (κ2) is 5.85. The third-order valence-electron chi connectivity index (χ3n) is 3.56. The van der Waals surface area contributed by atoms with Gasteiger partial charge in [-0.2, -0.15) is 0 Å². The molecule has 3 N–H and O–H groups in total. The first kappa shape index (κ1) is 14.1. The van der Waals surface area contributed by atoms with E-state index in [-0.39, 0.29) is 0 Å². The minimum atomic E-state index is 0.556. The summed E-state index contributed by atoms with van der Waals surface area (Å²) in [7, 11) is 0. The molecule has 0 bridgehead atoms. The molecule has 0 unspecified atom stereocenters. The van der Waals surface area contributed by atoms with E-state index < -0.39 is 0 Å². The van der Waals surface area contributed by atoms with Crippen LogP contribution in [-0.4, -0.2) is 9.97 Å². The Morgan fingerprint density at radius 2 is 1.55 bits per heavy atom. The highest BCUT2D eigenvalue weighted by Crippen LogP contribution is 2.26. The molecule has 0 amide bonds. The van der Waals surface area contributed by atoms with E-state index in [0.717, 1.165) is 11.3 Å². The summed E-state index contributed by atoms with van der Waals surface area (Å²) in [5, 5.41) is 3.15. The SMILES string of the molecule is Cc1cccc(C)c1-c1cnc(Nc2cccc(N)c2)nc1. The van der Waals surface area contributed by atoms with Crippen molar-refractivity contribution >= 4 is 17.3 Å². The van der Waals surface area contributed by atoms with E-state index in [1.165, 1.54) is 16.7 Å². The molecule has 3 aromatic rings. The van der Waals surface area contributed by atoms with Gasteiger partial charge in [0, 0.05) is 29.3 Å². The van der Waals surface area contributed by atoms with Gasteiger partial charge in [-0.25, -0.2) is 9.97 Å². The predicted molar refractivity (Wildman–Crippen MR) is 91.1 cm³/mol. The smallest absolute Gasteiger partial charge is 0.227 e. The number of nitrogens with zero attached hydrogens (tertiary/aromatic N) is 2. The Morgan fingerprint density at radius 3 is 2.18 bits per heavy atom. The number of anilines is 3. The van der Waals surface area contributed by atoms with Gasteiger partial charge in [0.05, 0.1) is 0 Å². The number of nitrogen functional groups attached to an aromatic ring is 1. The Morgan fingerprint density at radius 1 is 0.909 bits per heavy atom. The maximum atomic E-state index is 5.76. The number of aromatic nitrogens is 2. The van der Waals surface area contributed by atoms with Crippen molar-refractivity contribution in [3.8, 4) is 11.1 Å². The van der Waals surface area contributed by atoms with Crippen molar-refractivity contribution in [3.63, 3.8) is 0 Å². The van der Waals surface area contributed by atoms with Gasteiger partial charge in [-0.15, -0.1) is 0 Å². The molecule has 4 nitrogen and oxygen atoms in total. The van der Waals surface area contributed by atoms with E-state index >= 15 is 0 Å². The van der Waals surface area contributed by atoms with Gasteiger partial charge in [-0.3, -0.25) is 0 Å². The first-order valence-electron chi connectivity index (χ1n) is 7.15. The molecule has 1 aromatic heterocycles. The highest BCUT2D eigenvalue weighted by atomic mass is 15.1. The number of hydrogen-bond donors (Lipinski definition) is 2. The van der Waals surface area contributed by atoms with Crippen LogP contribution in [0.3, 0.4) is 0 Å². The van der Waals surface area contributed by atoms with Crippen LogP contribution in [0.25, 0.3) is 11.1 Å². The highest BCUT2D eigenvalue weighted by molar-refractivity contribution is 5.70. The molecule has 0 spiro atoms. The van der Waals surface area contributed by atoms with Crippen LogP contribution in [0.4, 0.5) is 17.3 Å². The number of nitrogens with two attached hydrogens (primary N) is 1. The van der Waals surface area contributed by atoms with Crippen LogP contribution in [-0.2, 0) is 0 Å². The van der Waals surface area contributed by atoms with E-state index in [1.807, 2.05) is 36.7 Å². The van der Waals surface area contributed by atoms with Crippen LogP contribution < -0.4 is 11.1 Å². The lowest BCUT2D eigenvalue weighted by atomic mass is 9.98. The Balaban J connectivity index is 1.87. The Bertz CT molecular complexity index is 774. The van der Waals surface area contributed by atoms with Crippen molar-refractivity contribution in [2.24, 2.45) is 0 Å². The molecule has 110 valence electrons. The second-order valence-electron chi connectivity index (χ2n) is 5.31. The molecule has 0 atom stereocenters. The molecular weight excluding hydrogens is 272 g/mol. The van der Waals surface area contributed by atoms with Gasteiger partial charge in [-0.05, 0) is 48.7 Å². The molecule has 4 heteroatoms. The first-order valence-corrected chi connectivity index (χ1v) is 7.15. The zero-order valence-corrected chi connectivity index (χ0v) is 12.7. The number of hydrogen-bond acceptors (Lipinski definition) is 4. The summed E-state index contributed by atoms with van der Waals surface area (Å²) in [4.78, 5) is 8.80. The molecule has 0 aliphatic carbocycles. The van der Waals surface area contributed by atoms with Gasteiger partial charge in [0.25, 0.3) is 0 Å². The lowest BCUT2D eigenvalue weighted by molar-refractivity contribution is 1.16. The largest absolute Gasteiger partial charge is 0.399 e. The monoisotopic (exact) mass is 290 g/mol. The fourth-order valence-corrected chi connectivity index (χ4v) is 2.54. The Hall–Kier alpha value is -2.88. The molecule has 2 aromatic carbocycles. The summed E-state index contributed by atoms with van der Waals surface area (Å²) in [6, 6.07) is 13.8. The van der Waals surface area contributed by atoms with Gasteiger partial charge < -0.3 is 11.1 Å². The van der Waals surface area contributed by atoms with Crippen molar-refractivity contribution < 1.29 is 0 Å². The van der Waals surface area contributed by atoms with Crippen LogP contribution in [0.15, 0.2) is 54.9 Å². The molecule has 0 radical (unpaired) electrons. The summed E-state index contributed by atoms with van der Waals surface area (Å²) in [6.07, 6.45) is 3.69. The van der Waals surface area contributed by atoms with Crippen LogP contribution in [0.1, 0.15) is 11.1 Å². The van der Waals surface area contributed by atoms with Gasteiger partial charge in [0.1, 0.15) is 0 Å². The summed E-state index contributed by atoms with van der Waals surface area (Å²) in [5.74, 6) is 0.556. The fraction of sp³-hybridized carbons (Fsp3) is 0.111. The average Bonchev–Trinajstić information content (AvgIpc) is 2.49. The molecule has 0 saturated heterocycles. The number of nitrogens with one attached hydrogen (secondary N) is 1. The van der Waals surface area contributed by atoms with Crippen LogP contribution >= 0.6 is 0 Å². The van der Waals surface area contributed by atoms with Crippen LogP contribution in [0, 0.1) is 13.8 Å². The quantitative estimate of drug-likeness (QED) is 0.713. The number of aryl methyl sites for hydroxylation is 2. The van der Waals surface area contributed by atoms with Crippen LogP contribution in [0.5, 0.6) is 0 Å². The minimum Gasteiger partial charge on any atom is -0.399 e. The minimum absolute atomic E-state index is 0.556. The summed E-state index contributed by atoms with van der Waals surface area (Å²) >= 11 is 0. The Labute approximate surface area is 130 Å². The van der Waals surface area contributed by atoms with E-state index in [4.69, 9.17) is 5.73 Å². The maximum Gasteiger partial charge on any atom is 0.227 e. The van der Waals surface area contributed by atoms with E-state index in [9.17, 15) is 0 Å².